The summed E-state index contributed by atoms with van der Waals surface area (Å²) >= 11 is 4.94. The monoisotopic (exact) mass is 294 g/mol. The molecular formula is C17H14N2OS. The van der Waals surface area contributed by atoms with Gasteiger partial charge in [-0.25, -0.2) is 0 Å². The molecule has 0 spiro atoms. The minimum absolute atomic E-state index is 0.00729. The first-order valence-electron chi connectivity index (χ1n) is 6.62. The summed E-state index contributed by atoms with van der Waals surface area (Å²) < 4.78 is 1.77. The molecule has 0 unspecified atom stereocenters. The van der Waals surface area contributed by atoms with Crippen LogP contribution in [0.4, 0.5) is 0 Å². The van der Waals surface area contributed by atoms with E-state index in [9.17, 15) is 4.79 Å². The second-order valence-corrected chi connectivity index (χ2v) is 5.32. The molecule has 1 heterocycles. The van der Waals surface area contributed by atoms with Crippen molar-refractivity contribution in [2.24, 2.45) is 5.73 Å². The van der Waals surface area contributed by atoms with Crippen molar-refractivity contribution in [3.05, 3.63) is 82.1 Å². The van der Waals surface area contributed by atoms with E-state index in [-0.39, 0.29) is 5.56 Å². The molecule has 2 N–H and O–H groups in total. The lowest BCUT2D eigenvalue weighted by Gasteiger charge is -2.10. The molecule has 2 aromatic carbocycles. The minimum atomic E-state index is -0.00729. The Morgan fingerprint density at radius 1 is 1.00 bits per heavy atom. The van der Waals surface area contributed by atoms with Crippen molar-refractivity contribution in [1.29, 1.82) is 0 Å². The number of aromatic nitrogens is 1. The summed E-state index contributed by atoms with van der Waals surface area (Å²) in [5, 5.41) is 1.05. The summed E-state index contributed by atoms with van der Waals surface area (Å²) in [4.78, 5) is 12.5. The SMILES string of the molecule is NC(=S)c1ccc(Cn2c(=O)ccc3ccccc32)cc1. The number of pyridine rings is 1. The number of fused-ring (bicyclic) bond motifs is 1. The first kappa shape index (κ1) is 13.5. The van der Waals surface area contributed by atoms with Crippen molar-refractivity contribution in [2.45, 2.75) is 6.54 Å². The van der Waals surface area contributed by atoms with Gasteiger partial charge >= 0.3 is 0 Å². The quantitative estimate of drug-likeness (QED) is 0.756. The van der Waals surface area contributed by atoms with Gasteiger partial charge in [0.2, 0.25) is 0 Å². The Morgan fingerprint density at radius 2 is 1.71 bits per heavy atom. The standard InChI is InChI=1S/C17H14N2OS/c18-17(21)14-7-5-12(6-8-14)11-19-15-4-2-1-3-13(15)9-10-16(19)20/h1-10H,11H2,(H2,18,21). The first-order valence-corrected chi connectivity index (χ1v) is 7.03. The summed E-state index contributed by atoms with van der Waals surface area (Å²) in [6, 6.07) is 19.0. The smallest absolute Gasteiger partial charge is 0.251 e. The predicted octanol–water partition coefficient (Wildman–Crippen LogP) is 2.68. The third kappa shape index (κ3) is 2.71. The molecule has 0 aliphatic rings. The van der Waals surface area contributed by atoms with Crippen LogP contribution < -0.4 is 11.3 Å². The zero-order valence-corrected chi connectivity index (χ0v) is 12.1. The van der Waals surface area contributed by atoms with Gasteiger partial charge in [-0.05, 0) is 23.1 Å². The Labute approximate surface area is 127 Å². The number of nitrogens with zero attached hydrogens (tertiary/aromatic N) is 1. The van der Waals surface area contributed by atoms with Crippen molar-refractivity contribution in [1.82, 2.24) is 4.57 Å². The fourth-order valence-electron chi connectivity index (χ4n) is 2.36. The highest BCUT2D eigenvalue weighted by atomic mass is 32.1. The van der Waals surface area contributed by atoms with Crippen LogP contribution in [0.3, 0.4) is 0 Å². The van der Waals surface area contributed by atoms with Gasteiger partial charge in [0.1, 0.15) is 4.99 Å². The van der Waals surface area contributed by atoms with Gasteiger partial charge in [-0.1, -0.05) is 54.7 Å². The van der Waals surface area contributed by atoms with E-state index in [1.165, 1.54) is 0 Å². The van der Waals surface area contributed by atoms with Crippen LogP contribution in [-0.2, 0) is 6.54 Å². The van der Waals surface area contributed by atoms with Crippen LogP contribution in [0.2, 0.25) is 0 Å². The van der Waals surface area contributed by atoms with E-state index < -0.39 is 0 Å². The van der Waals surface area contributed by atoms with Gasteiger partial charge in [0.15, 0.2) is 0 Å². The van der Waals surface area contributed by atoms with E-state index in [1.54, 1.807) is 10.6 Å². The molecule has 21 heavy (non-hydrogen) atoms. The maximum atomic E-state index is 12.1. The molecule has 0 saturated heterocycles. The normalized spacial score (nSPS) is 10.7. The van der Waals surface area contributed by atoms with Crippen LogP contribution in [0.15, 0.2) is 65.5 Å². The van der Waals surface area contributed by atoms with Gasteiger partial charge in [-0.2, -0.15) is 0 Å². The number of hydrogen-bond donors (Lipinski definition) is 1. The maximum absolute atomic E-state index is 12.1. The van der Waals surface area contributed by atoms with Gasteiger partial charge in [-0.15, -0.1) is 0 Å². The van der Waals surface area contributed by atoms with Gasteiger partial charge in [0.25, 0.3) is 5.56 Å². The van der Waals surface area contributed by atoms with Crippen LogP contribution in [0.5, 0.6) is 0 Å². The van der Waals surface area contributed by atoms with Crippen molar-refractivity contribution in [3.8, 4) is 0 Å². The van der Waals surface area contributed by atoms with Crippen molar-refractivity contribution >= 4 is 28.1 Å². The number of hydrogen-bond acceptors (Lipinski definition) is 2. The Morgan fingerprint density at radius 3 is 2.43 bits per heavy atom. The van der Waals surface area contributed by atoms with Gasteiger partial charge in [-0.3, -0.25) is 4.79 Å². The molecule has 3 aromatic rings. The lowest BCUT2D eigenvalue weighted by atomic mass is 10.1. The van der Waals surface area contributed by atoms with E-state index in [1.807, 2.05) is 54.6 Å². The third-order valence-electron chi connectivity index (χ3n) is 3.48. The molecule has 0 fully saturated rings. The van der Waals surface area contributed by atoms with E-state index in [4.69, 9.17) is 18.0 Å². The molecule has 4 heteroatoms. The highest BCUT2D eigenvalue weighted by Crippen LogP contribution is 2.13. The van der Waals surface area contributed by atoms with E-state index in [0.29, 0.717) is 11.5 Å². The van der Waals surface area contributed by atoms with Crippen molar-refractivity contribution in [2.75, 3.05) is 0 Å². The number of benzene rings is 2. The molecular weight excluding hydrogens is 280 g/mol. The summed E-state index contributed by atoms with van der Waals surface area (Å²) in [6.45, 7) is 0.526. The summed E-state index contributed by atoms with van der Waals surface area (Å²) in [5.74, 6) is 0. The second kappa shape index (κ2) is 5.50. The molecule has 0 amide bonds. The molecule has 0 bridgehead atoms. The highest BCUT2D eigenvalue weighted by molar-refractivity contribution is 7.80. The van der Waals surface area contributed by atoms with Crippen LogP contribution in [0.1, 0.15) is 11.1 Å². The fraction of sp³-hybridized carbons (Fsp3) is 0.0588. The Bertz CT molecular complexity index is 866. The Hall–Kier alpha value is -2.46. The topological polar surface area (TPSA) is 48.0 Å². The largest absolute Gasteiger partial charge is 0.389 e. The molecule has 0 saturated carbocycles. The van der Waals surface area contributed by atoms with Gasteiger partial charge in [0.05, 0.1) is 12.1 Å². The zero-order chi connectivity index (χ0) is 14.8. The number of nitrogens with two attached hydrogens (primary N) is 1. The van der Waals surface area contributed by atoms with Crippen LogP contribution in [0, 0.1) is 0 Å². The van der Waals surface area contributed by atoms with E-state index >= 15 is 0 Å². The third-order valence-corrected chi connectivity index (χ3v) is 3.71. The van der Waals surface area contributed by atoms with Crippen molar-refractivity contribution in [3.63, 3.8) is 0 Å². The Balaban J connectivity index is 2.03. The fourth-order valence-corrected chi connectivity index (χ4v) is 2.50. The molecule has 0 aliphatic heterocycles. The predicted molar refractivity (Wildman–Crippen MR) is 89.6 cm³/mol. The summed E-state index contributed by atoms with van der Waals surface area (Å²) in [7, 11) is 0. The van der Waals surface area contributed by atoms with Crippen LogP contribution in [0.25, 0.3) is 10.9 Å². The molecule has 104 valence electrons. The van der Waals surface area contributed by atoms with Gasteiger partial charge < -0.3 is 10.3 Å². The molecule has 1 aromatic heterocycles. The Kier molecular flexibility index (Phi) is 3.54. The molecule has 3 nitrogen and oxygen atoms in total. The average molecular weight is 294 g/mol. The summed E-state index contributed by atoms with van der Waals surface area (Å²) in [5.41, 5.74) is 8.39. The number of thiocarbonyl (C=S) groups is 1. The highest BCUT2D eigenvalue weighted by Gasteiger charge is 2.04. The molecule has 0 atom stereocenters. The van der Waals surface area contributed by atoms with Crippen molar-refractivity contribution < 1.29 is 0 Å². The molecule has 0 aliphatic carbocycles. The first-order chi connectivity index (χ1) is 10.1. The van der Waals surface area contributed by atoms with Crippen LogP contribution in [-0.4, -0.2) is 9.56 Å². The zero-order valence-electron chi connectivity index (χ0n) is 11.3. The minimum Gasteiger partial charge on any atom is -0.389 e. The summed E-state index contributed by atoms with van der Waals surface area (Å²) in [6.07, 6.45) is 0. The lowest BCUT2D eigenvalue weighted by molar-refractivity contribution is 0.795. The maximum Gasteiger partial charge on any atom is 0.251 e. The average Bonchev–Trinajstić information content (AvgIpc) is 2.51. The number of para-hydroxylation sites is 1. The second-order valence-electron chi connectivity index (χ2n) is 4.88. The van der Waals surface area contributed by atoms with Crippen LogP contribution >= 0.6 is 12.2 Å². The molecule has 3 rings (SSSR count). The van der Waals surface area contributed by atoms with Gasteiger partial charge in [0, 0.05) is 11.6 Å². The number of rotatable bonds is 3. The van der Waals surface area contributed by atoms with E-state index in [0.717, 1.165) is 22.0 Å². The molecule has 0 radical (unpaired) electrons. The van der Waals surface area contributed by atoms with E-state index in [2.05, 4.69) is 0 Å². The lowest BCUT2D eigenvalue weighted by Crippen LogP contribution is -2.20.